The molecule has 0 aliphatic rings. The van der Waals surface area contributed by atoms with Crippen LogP contribution in [0.4, 0.5) is 11.5 Å². The zero-order chi connectivity index (χ0) is 14.8. The van der Waals surface area contributed by atoms with Crippen LogP contribution >= 0.6 is 11.6 Å². The molecule has 3 N–H and O–H groups in total. The Morgan fingerprint density at radius 1 is 1.35 bits per heavy atom. The lowest BCUT2D eigenvalue weighted by atomic mass is 10.2. The van der Waals surface area contributed by atoms with Crippen molar-refractivity contribution in [2.75, 3.05) is 10.5 Å². The first kappa shape index (κ1) is 14.0. The third-order valence-electron chi connectivity index (χ3n) is 2.28. The van der Waals surface area contributed by atoms with E-state index in [1.54, 1.807) is 6.07 Å². The summed E-state index contributed by atoms with van der Waals surface area (Å²) in [5.74, 6) is 0.00529. The molecule has 1 aromatic carbocycles. The largest absolute Gasteiger partial charge is 0.399 e. The van der Waals surface area contributed by atoms with Gasteiger partial charge in [-0.1, -0.05) is 0 Å². The summed E-state index contributed by atoms with van der Waals surface area (Å²) in [6.45, 7) is 0. The highest BCUT2D eigenvalue weighted by molar-refractivity contribution is 7.92. The van der Waals surface area contributed by atoms with Crippen LogP contribution in [0.25, 0.3) is 0 Å². The Morgan fingerprint density at radius 3 is 2.75 bits per heavy atom. The fourth-order valence-corrected chi connectivity index (χ4v) is 2.74. The van der Waals surface area contributed by atoms with Crippen LogP contribution in [0, 0.1) is 11.3 Å². The smallest absolute Gasteiger partial charge is 0.264 e. The molecule has 0 bridgehead atoms. The average Bonchev–Trinajstić information content (AvgIpc) is 2.37. The average molecular weight is 310 g/mol. The van der Waals surface area contributed by atoms with Crippen molar-refractivity contribution in [3.63, 3.8) is 0 Å². The number of nitriles is 1. The number of aromatic nitrogens is 2. The zero-order valence-corrected chi connectivity index (χ0v) is 11.5. The number of sulfonamides is 1. The van der Waals surface area contributed by atoms with E-state index in [-0.39, 0.29) is 21.6 Å². The number of nitrogens with two attached hydrogens (primary N) is 1. The first-order valence-electron chi connectivity index (χ1n) is 5.23. The van der Waals surface area contributed by atoms with Crippen molar-refractivity contribution >= 4 is 33.1 Å². The number of anilines is 2. The normalized spacial score (nSPS) is 10.8. The number of nitrogen functional groups attached to an aromatic ring is 1. The second-order valence-corrected chi connectivity index (χ2v) is 5.67. The Bertz CT molecular complexity index is 801. The van der Waals surface area contributed by atoms with Gasteiger partial charge in [0, 0.05) is 11.9 Å². The van der Waals surface area contributed by atoms with E-state index in [0.717, 1.165) is 0 Å². The van der Waals surface area contributed by atoms with Crippen molar-refractivity contribution in [2.24, 2.45) is 0 Å². The predicted octanol–water partition coefficient (Wildman–Crippen LogP) is 1.38. The van der Waals surface area contributed by atoms with Gasteiger partial charge >= 0.3 is 0 Å². The van der Waals surface area contributed by atoms with Gasteiger partial charge in [0.15, 0.2) is 0 Å². The van der Waals surface area contributed by atoms with Gasteiger partial charge in [-0.15, -0.1) is 0 Å². The van der Waals surface area contributed by atoms with E-state index in [1.165, 1.54) is 30.5 Å². The van der Waals surface area contributed by atoms with Crippen LogP contribution in [0.2, 0.25) is 5.28 Å². The van der Waals surface area contributed by atoms with Gasteiger partial charge in [-0.2, -0.15) is 10.2 Å². The van der Waals surface area contributed by atoms with Gasteiger partial charge in [0.05, 0.1) is 5.56 Å². The standard InChI is InChI=1S/C11H8ClN5O2S/c12-11-15-4-3-10(16-11)17-20(18,19)9-2-1-8(14)5-7(9)6-13/h1-5H,14H2,(H,15,16,17). The summed E-state index contributed by atoms with van der Waals surface area (Å²) in [5.41, 5.74) is 5.75. The first-order chi connectivity index (χ1) is 9.42. The molecule has 20 heavy (non-hydrogen) atoms. The molecule has 0 fully saturated rings. The molecule has 1 aromatic heterocycles. The van der Waals surface area contributed by atoms with Crippen molar-refractivity contribution in [1.29, 1.82) is 5.26 Å². The molecule has 0 saturated heterocycles. The molecule has 1 heterocycles. The number of nitrogens with zero attached hydrogens (tertiary/aromatic N) is 3. The van der Waals surface area contributed by atoms with Crippen molar-refractivity contribution < 1.29 is 8.42 Å². The third kappa shape index (κ3) is 2.96. The van der Waals surface area contributed by atoms with Gasteiger partial charge < -0.3 is 5.73 Å². The SMILES string of the molecule is N#Cc1cc(N)ccc1S(=O)(=O)Nc1ccnc(Cl)n1. The molecule has 0 spiro atoms. The minimum atomic E-state index is -3.97. The Kier molecular flexibility index (Phi) is 3.74. The molecular weight excluding hydrogens is 302 g/mol. The topological polar surface area (TPSA) is 122 Å². The fraction of sp³-hybridized carbons (Fsp3) is 0. The molecule has 102 valence electrons. The maximum atomic E-state index is 12.2. The van der Waals surface area contributed by atoms with Crippen molar-refractivity contribution in [3.05, 3.63) is 41.3 Å². The molecule has 0 saturated carbocycles. The fourth-order valence-electron chi connectivity index (χ4n) is 1.45. The molecule has 0 unspecified atom stereocenters. The van der Waals surface area contributed by atoms with E-state index in [9.17, 15) is 8.42 Å². The quantitative estimate of drug-likeness (QED) is 0.652. The number of nitrogens with one attached hydrogen (secondary N) is 1. The minimum Gasteiger partial charge on any atom is -0.399 e. The molecule has 2 aromatic rings. The molecule has 0 aliphatic carbocycles. The van der Waals surface area contributed by atoms with E-state index >= 15 is 0 Å². The number of benzene rings is 1. The summed E-state index contributed by atoms with van der Waals surface area (Å²) in [6.07, 6.45) is 1.31. The Labute approximate surface area is 120 Å². The van der Waals surface area contributed by atoms with Gasteiger partial charge in [-0.05, 0) is 35.9 Å². The summed E-state index contributed by atoms with van der Waals surface area (Å²) in [7, 11) is -3.97. The third-order valence-corrected chi connectivity index (χ3v) is 3.87. The lowest BCUT2D eigenvalue weighted by molar-refractivity contribution is 0.601. The maximum Gasteiger partial charge on any atom is 0.264 e. The molecule has 0 amide bonds. The van der Waals surface area contributed by atoms with Crippen LogP contribution in [0.5, 0.6) is 0 Å². The summed E-state index contributed by atoms with van der Waals surface area (Å²) in [4.78, 5) is 7.16. The van der Waals surface area contributed by atoms with Crippen LogP contribution in [0.3, 0.4) is 0 Å². The molecular formula is C11H8ClN5O2S. The minimum absolute atomic E-state index is 0.00529. The van der Waals surface area contributed by atoms with E-state index in [0.29, 0.717) is 5.69 Å². The summed E-state index contributed by atoms with van der Waals surface area (Å²) in [6, 6.07) is 7.04. The summed E-state index contributed by atoms with van der Waals surface area (Å²) < 4.78 is 26.6. The number of halogens is 1. The highest BCUT2D eigenvalue weighted by Crippen LogP contribution is 2.20. The van der Waals surface area contributed by atoms with Crippen molar-refractivity contribution in [1.82, 2.24) is 9.97 Å². The Balaban J connectivity index is 2.44. The molecule has 9 heteroatoms. The van der Waals surface area contributed by atoms with Crippen LogP contribution in [-0.4, -0.2) is 18.4 Å². The van der Waals surface area contributed by atoms with Crippen LogP contribution in [0.1, 0.15) is 5.56 Å². The lowest BCUT2D eigenvalue weighted by Gasteiger charge is -2.09. The van der Waals surface area contributed by atoms with E-state index in [1.807, 2.05) is 0 Å². The van der Waals surface area contributed by atoms with Crippen LogP contribution in [0.15, 0.2) is 35.4 Å². The highest BCUT2D eigenvalue weighted by Gasteiger charge is 2.19. The monoisotopic (exact) mass is 309 g/mol. The Hall–Kier alpha value is -2.37. The number of hydrogen-bond acceptors (Lipinski definition) is 6. The van der Waals surface area contributed by atoms with Crippen LogP contribution < -0.4 is 10.5 Å². The second-order valence-electron chi connectivity index (χ2n) is 3.68. The predicted molar refractivity (Wildman–Crippen MR) is 73.4 cm³/mol. The molecule has 0 aliphatic heterocycles. The zero-order valence-electron chi connectivity index (χ0n) is 9.91. The van der Waals surface area contributed by atoms with E-state index in [2.05, 4.69) is 14.7 Å². The summed E-state index contributed by atoms with van der Waals surface area (Å²) >= 11 is 5.57. The van der Waals surface area contributed by atoms with E-state index in [4.69, 9.17) is 22.6 Å². The molecule has 2 rings (SSSR count). The van der Waals surface area contributed by atoms with E-state index < -0.39 is 10.0 Å². The van der Waals surface area contributed by atoms with Crippen molar-refractivity contribution in [3.8, 4) is 6.07 Å². The molecule has 0 atom stereocenters. The lowest BCUT2D eigenvalue weighted by Crippen LogP contribution is -2.15. The second kappa shape index (κ2) is 5.32. The molecule has 7 nitrogen and oxygen atoms in total. The number of rotatable bonds is 3. The van der Waals surface area contributed by atoms with Gasteiger partial charge in [0.25, 0.3) is 10.0 Å². The Morgan fingerprint density at radius 2 is 2.10 bits per heavy atom. The highest BCUT2D eigenvalue weighted by atomic mass is 35.5. The van der Waals surface area contributed by atoms with Gasteiger partial charge in [0.2, 0.25) is 5.28 Å². The van der Waals surface area contributed by atoms with Gasteiger partial charge in [-0.3, -0.25) is 4.72 Å². The first-order valence-corrected chi connectivity index (χ1v) is 7.09. The maximum absolute atomic E-state index is 12.2. The number of hydrogen-bond donors (Lipinski definition) is 2. The van der Waals surface area contributed by atoms with Gasteiger partial charge in [0.1, 0.15) is 16.8 Å². The van der Waals surface area contributed by atoms with Crippen molar-refractivity contribution in [2.45, 2.75) is 4.90 Å². The van der Waals surface area contributed by atoms with Crippen LogP contribution in [-0.2, 0) is 10.0 Å². The molecule has 0 radical (unpaired) electrons. The summed E-state index contributed by atoms with van der Waals surface area (Å²) in [5, 5.41) is 8.88. The van der Waals surface area contributed by atoms with Gasteiger partial charge in [-0.25, -0.2) is 13.4 Å².